The van der Waals surface area contributed by atoms with Crippen molar-refractivity contribution in [1.29, 1.82) is 0 Å². The van der Waals surface area contributed by atoms with Crippen molar-refractivity contribution in [2.24, 2.45) is 5.92 Å². The Morgan fingerprint density at radius 1 is 1.11 bits per heavy atom. The summed E-state index contributed by atoms with van der Waals surface area (Å²) in [6, 6.07) is 5.35. The van der Waals surface area contributed by atoms with Gasteiger partial charge in [0.25, 0.3) is 0 Å². The van der Waals surface area contributed by atoms with Gasteiger partial charge in [0.1, 0.15) is 11.5 Å². The Hall–Kier alpha value is -2.35. The summed E-state index contributed by atoms with van der Waals surface area (Å²) in [5, 5.41) is 10.3. The molecule has 0 spiro atoms. The third kappa shape index (κ3) is 6.09. The number of aliphatic hydroxyl groups is 1. The number of ether oxygens (including phenoxy) is 2. The van der Waals surface area contributed by atoms with Gasteiger partial charge < -0.3 is 14.6 Å². The predicted molar refractivity (Wildman–Crippen MR) is 99.8 cm³/mol. The van der Waals surface area contributed by atoms with Crippen LogP contribution < -0.4 is 9.47 Å². The van der Waals surface area contributed by atoms with Gasteiger partial charge >= 0.3 is 6.36 Å². The smallest absolute Gasteiger partial charge is 0.512 e. The monoisotopic (exact) mass is 412 g/mol. The minimum absolute atomic E-state index is 0.0632. The van der Waals surface area contributed by atoms with E-state index in [1.807, 2.05) is 12.2 Å². The molecule has 1 heterocycles. The molecular weight excluding hydrogens is 393 g/mol. The Kier molecular flexibility index (Phi) is 6.39. The zero-order chi connectivity index (χ0) is 20.1. The number of allylic oxidation sites excluding steroid dienone is 5. The summed E-state index contributed by atoms with van der Waals surface area (Å²) in [6.45, 7) is 0. The van der Waals surface area contributed by atoms with E-state index >= 15 is 0 Å². The summed E-state index contributed by atoms with van der Waals surface area (Å²) < 4.78 is 47.0. The third-order valence-corrected chi connectivity index (χ3v) is 5.36. The van der Waals surface area contributed by atoms with Gasteiger partial charge in [-0.15, -0.1) is 13.2 Å². The summed E-state index contributed by atoms with van der Waals surface area (Å²) in [5.74, 6) is -0.324. The second-order valence-electron chi connectivity index (χ2n) is 6.49. The molecule has 2 aliphatic rings. The van der Waals surface area contributed by atoms with E-state index in [4.69, 9.17) is 4.74 Å². The molecule has 0 fully saturated rings. The molecule has 0 saturated heterocycles. The molecule has 1 aromatic carbocycles. The Morgan fingerprint density at radius 3 is 2.61 bits per heavy atom. The number of hydrogen-bond donors (Lipinski definition) is 1. The number of halogens is 3. The molecule has 3 rings (SSSR count). The zero-order valence-corrected chi connectivity index (χ0v) is 15.7. The number of thioether (sulfide) groups is 1. The lowest BCUT2D eigenvalue weighted by Gasteiger charge is -2.24. The van der Waals surface area contributed by atoms with Crippen LogP contribution in [0.1, 0.15) is 32.1 Å². The van der Waals surface area contributed by atoms with Crippen LogP contribution in [0.2, 0.25) is 0 Å². The Labute approximate surface area is 164 Å². The Balaban J connectivity index is 1.73. The van der Waals surface area contributed by atoms with Crippen molar-refractivity contribution in [2.45, 2.75) is 38.5 Å². The molecule has 28 heavy (non-hydrogen) atoms. The number of carbonyl (C=O) groups excluding carboxylic acids is 1. The van der Waals surface area contributed by atoms with Crippen LogP contribution in [-0.4, -0.2) is 17.3 Å². The first-order valence-corrected chi connectivity index (χ1v) is 9.64. The quantitative estimate of drug-likeness (QED) is 0.655. The van der Waals surface area contributed by atoms with Crippen LogP contribution >= 0.6 is 11.8 Å². The number of hydrogen-bond acceptors (Lipinski definition) is 5. The van der Waals surface area contributed by atoms with Crippen molar-refractivity contribution in [1.82, 2.24) is 0 Å². The highest BCUT2D eigenvalue weighted by molar-refractivity contribution is 8.06. The molecule has 150 valence electrons. The van der Waals surface area contributed by atoms with E-state index in [1.54, 1.807) is 6.07 Å². The molecular formula is C20H19F3O4S. The number of ketones is 1. The highest BCUT2D eigenvalue weighted by Gasteiger charge is 2.31. The number of alkyl halides is 3. The molecule has 1 aromatic rings. The largest absolute Gasteiger partial charge is 0.573 e. The van der Waals surface area contributed by atoms with Crippen molar-refractivity contribution < 1.29 is 32.5 Å². The first-order chi connectivity index (χ1) is 13.3. The molecule has 0 bridgehead atoms. The van der Waals surface area contributed by atoms with Crippen LogP contribution in [0, 0.1) is 5.92 Å². The first-order valence-electron chi connectivity index (χ1n) is 8.82. The molecule has 4 nitrogen and oxygen atoms in total. The van der Waals surface area contributed by atoms with Gasteiger partial charge in [-0.1, -0.05) is 23.9 Å². The van der Waals surface area contributed by atoms with Crippen molar-refractivity contribution >= 4 is 17.5 Å². The zero-order valence-electron chi connectivity index (χ0n) is 14.9. The van der Waals surface area contributed by atoms with E-state index in [-0.39, 0.29) is 29.0 Å². The van der Waals surface area contributed by atoms with Gasteiger partial charge in [-0.2, -0.15) is 0 Å². The van der Waals surface area contributed by atoms with E-state index in [1.165, 1.54) is 36.0 Å². The summed E-state index contributed by atoms with van der Waals surface area (Å²) in [4.78, 5) is 12.7. The van der Waals surface area contributed by atoms with Crippen LogP contribution in [0.4, 0.5) is 13.2 Å². The van der Waals surface area contributed by atoms with E-state index in [0.717, 1.165) is 24.2 Å². The van der Waals surface area contributed by atoms with E-state index in [2.05, 4.69) is 4.74 Å². The van der Waals surface area contributed by atoms with Gasteiger partial charge in [0.05, 0.1) is 5.76 Å². The molecule has 0 radical (unpaired) electrons. The molecule has 1 aliphatic heterocycles. The van der Waals surface area contributed by atoms with Crippen LogP contribution in [0.15, 0.2) is 58.2 Å². The minimum atomic E-state index is -4.77. The van der Waals surface area contributed by atoms with Crippen LogP contribution in [0.5, 0.6) is 11.5 Å². The van der Waals surface area contributed by atoms with Crippen LogP contribution in [-0.2, 0) is 4.79 Å². The first kappa shape index (κ1) is 20.4. The van der Waals surface area contributed by atoms with Crippen molar-refractivity contribution in [3.8, 4) is 11.5 Å². The van der Waals surface area contributed by atoms with Gasteiger partial charge in [-0.3, -0.25) is 4.79 Å². The lowest BCUT2D eigenvalue weighted by atomic mass is 9.91. The molecule has 1 unspecified atom stereocenters. The second-order valence-corrected chi connectivity index (χ2v) is 7.57. The average Bonchev–Trinajstić information content (AvgIpc) is 2.55. The Bertz CT molecular complexity index is 827. The SMILES string of the molecule is O=C1C=C(O)CC(/C2=C/CCC/C=C(\Oc3cccc(OC(F)(F)F)c3)S2)C1. The maximum Gasteiger partial charge on any atom is 0.573 e. The van der Waals surface area contributed by atoms with Gasteiger partial charge in [-0.05, 0) is 42.4 Å². The number of rotatable bonds is 4. The molecule has 0 amide bonds. The maximum atomic E-state index is 12.4. The van der Waals surface area contributed by atoms with E-state index < -0.39 is 6.36 Å². The fraction of sp³-hybridized carbons (Fsp3) is 0.350. The molecule has 1 N–H and O–H groups in total. The molecule has 8 heteroatoms. The second kappa shape index (κ2) is 8.77. The average molecular weight is 412 g/mol. The lowest BCUT2D eigenvalue weighted by Crippen LogP contribution is -2.17. The summed E-state index contributed by atoms with van der Waals surface area (Å²) in [7, 11) is 0. The molecule has 1 aliphatic carbocycles. The fourth-order valence-electron chi connectivity index (χ4n) is 3.02. The normalized spacial score (nSPS) is 24.8. The standard InChI is InChI=1S/C20H19F3O4S/c21-20(22,23)27-17-6-4-5-16(12-17)26-19-8-3-1-2-7-18(28-19)13-9-14(24)11-15(25)10-13/h4-8,11-13,24H,1-3,9-10H2/b18-7-,19-8+. The van der Waals surface area contributed by atoms with Gasteiger partial charge in [-0.25, -0.2) is 0 Å². The van der Waals surface area contributed by atoms with E-state index in [9.17, 15) is 23.1 Å². The van der Waals surface area contributed by atoms with Crippen molar-refractivity contribution in [3.63, 3.8) is 0 Å². The highest BCUT2D eigenvalue weighted by Crippen LogP contribution is 2.40. The topological polar surface area (TPSA) is 55.8 Å². The molecule has 0 aromatic heterocycles. The summed E-state index contributed by atoms with van der Waals surface area (Å²) in [6.07, 6.45) is 3.59. The highest BCUT2D eigenvalue weighted by atomic mass is 32.2. The fourth-order valence-corrected chi connectivity index (χ4v) is 4.12. The van der Waals surface area contributed by atoms with Crippen molar-refractivity contribution in [3.05, 3.63) is 58.2 Å². The number of carbonyl (C=O) groups is 1. The van der Waals surface area contributed by atoms with Crippen LogP contribution in [0.3, 0.4) is 0 Å². The summed E-state index contributed by atoms with van der Waals surface area (Å²) in [5.41, 5.74) is 0. The minimum Gasteiger partial charge on any atom is -0.512 e. The third-order valence-electron chi connectivity index (χ3n) is 4.17. The molecule has 1 atom stereocenters. The Morgan fingerprint density at radius 2 is 1.86 bits per heavy atom. The molecule has 0 saturated carbocycles. The number of aliphatic hydroxyl groups excluding tert-OH is 1. The van der Waals surface area contributed by atoms with E-state index in [0.29, 0.717) is 17.9 Å². The summed E-state index contributed by atoms with van der Waals surface area (Å²) >= 11 is 1.34. The lowest BCUT2D eigenvalue weighted by molar-refractivity contribution is -0.274. The van der Waals surface area contributed by atoms with Crippen molar-refractivity contribution in [2.75, 3.05) is 0 Å². The maximum absolute atomic E-state index is 12.4. The van der Waals surface area contributed by atoms with Gasteiger partial charge in [0.15, 0.2) is 10.9 Å². The van der Waals surface area contributed by atoms with Gasteiger partial charge in [0, 0.05) is 30.9 Å². The van der Waals surface area contributed by atoms with Crippen LogP contribution in [0.25, 0.3) is 0 Å². The number of benzene rings is 1. The van der Waals surface area contributed by atoms with Gasteiger partial charge in [0.2, 0.25) is 0 Å². The predicted octanol–water partition coefficient (Wildman–Crippen LogP) is 6.03.